The monoisotopic (exact) mass is 829 g/mol. The predicted octanol–water partition coefficient (Wildman–Crippen LogP) is 10.3. The average Bonchev–Trinajstić information content (AvgIpc) is 3.07. The summed E-state index contributed by atoms with van der Waals surface area (Å²) in [5.74, 6) is -7.44. The number of carboxylic acids is 3. The van der Waals surface area contributed by atoms with Gasteiger partial charge in [0.1, 0.15) is 23.3 Å². The molecule has 0 radical (unpaired) electrons. The van der Waals surface area contributed by atoms with E-state index in [0.29, 0.717) is 12.1 Å². The van der Waals surface area contributed by atoms with E-state index in [0.717, 1.165) is 70.2 Å². The van der Waals surface area contributed by atoms with Crippen molar-refractivity contribution < 1.29 is 47.3 Å². The van der Waals surface area contributed by atoms with Gasteiger partial charge in [-0.1, -0.05) is 41.5 Å². The number of nitrogens with two attached hydrogens (primary N) is 1. The largest absolute Gasteiger partial charge is 0.478 e. The molecule has 9 nitrogen and oxygen atoms in total. The first-order chi connectivity index (χ1) is 23.6. The van der Waals surface area contributed by atoms with Gasteiger partial charge >= 0.3 is 17.9 Å². The molecule has 280 valence electrons. The summed E-state index contributed by atoms with van der Waals surface area (Å²) in [5, 5.41) is 31.4. The fourth-order valence-corrected chi connectivity index (χ4v) is 5.61. The van der Waals surface area contributed by atoms with Crippen molar-refractivity contribution in [2.24, 2.45) is 5.14 Å². The standard InChI is InChI=1S/C12H15F2NO2S.C10H11F2NO2S.C7H6BrNO2S.2C2H6/c1-3-7(4-2)15-18-11-5-8(12(16)17)9(13)6-10(11)14;1-5(2)13-16-9-3-6(10(14)15)7(11)4-8(9)12;8-5-2-1-4(7(10)11)3-6(5)12-9;2*1-2/h5-7,15H,3-4H2,1-2H3,(H,16,17);3-5,13H,1-2H3,(H,14,15);1-3H,9H2,(H,10,11);2*1-2H3. The number of rotatable bonds is 12. The van der Waals surface area contributed by atoms with Crippen LogP contribution >= 0.6 is 51.8 Å². The van der Waals surface area contributed by atoms with Crippen molar-refractivity contribution in [1.82, 2.24) is 9.44 Å². The number of nitrogens with one attached hydrogen (secondary N) is 2. The second kappa shape index (κ2) is 26.9. The van der Waals surface area contributed by atoms with Crippen LogP contribution in [0.15, 0.2) is 61.6 Å². The van der Waals surface area contributed by atoms with Crippen molar-refractivity contribution in [2.75, 3.05) is 0 Å². The Balaban J connectivity index is 0. The van der Waals surface area contributed by atoms with Crippen molar-refractivity contribution in [2.45, 2.75) is 95.0 Å². The number of benzene rings is 3. The summed E-state index contributed by atoms with van der Waals surface area (Å²) < 4.78 is 59.6. The summed E-state index contributed by atoms with van der Waals surface area (Å²) in [6.07, 6.45) is 1.75. The number of carboxylic acid groups (broad SMARTS) is 3. The molecule has 50 heavy (non-hydrogen) atoms. The van der Waals surface area contributed by atoms with Crippen LogP contribution in [0.1, 0.15) is 99.3 Å². The van der Waals surface area contributed by atoms with Gasteiger partial charge in [-0.3, -0.25) is 14.6 Å². The Morgan fingerprint density at radius 3 is 1.46 bits per heavy atom. The summed E-state index contributed by atoms with van der Waals surface area (Å²) in [7, 11) is 0. The van der Waals surface area contributed by atoms with Crippen molar-refractivity contribution in [3.63, 3.8) is 0 Å². The predicted molar refractivity (Wildman–Crippen MR) is 198 cm³/mol. The van der Waals surface area contributed by atoms with E-state index in [1.165, 1.54) is 12.1 Å². The Hall–Kier alpha value is -2.80. The molecule has 0 spiro atoms. The topological polar surface area (TPSA) is 162 Å². The molecule has 0 amide bonds. The number of hydrogen-bond acceptors (Lipinski definition) is 9. The van der Waals surface area contributed by atoms with Gasteiger partial charge in [-0.05, 0) is 109 Å². The summed E-state index contributed by atoms with van der Waals surface area (Å²) in [5.41, 5.74) is -0.814. The minimum absolute atomic E-state index is 0.0625. The quantitative estimate of drug-likeness (QED) is 0.0758. The fraction of sp³-hybridized carbons (Fsp3) is 0.364. The minimum Gasteiger partial charge on any atom is -0.478 e. The zero-order valence-corrected chi connectivity index (χ0v) is 32.9. The van der Waals surface area contributed by atoms with Gasteiger partial charge in [-0.15, -0.1) is 0 Å². The molecule has 0 saturated heterocycles. The Morgan fingerprint density at radius 2 is 1.12 bits per heavy atom. The molecule has 17 heteroatoms. The van der Waals surface area contributed by atoms with E-state index in [4.69, 9.17) is 20.5 Å². The van der Waals surface area contributed by atoms with Crippen LogP contribution < -0.4 is 14.6 Å². The zero-order chi connectivity index (χ0) is 39.1. The Morgan fingerprint density at radius 1 is 0.700 bits per heavy atom. The first-order valence-corrected chi connectivity index (χ1v) is 18.6. The molecule has 0 aromatic heterocycles. The molecular formula is C33H44BrF4N3O6S3. The molecule has 7 N–H and O–H groups in total. The first kappa shape index (κ1) is 49.3. The lowest BCUT2D eigenvalue weighted by Crippen LogP contribution is -2.21. The van der Waals surface area contributed by atoms with Crippen LogP contribution in [0.4, 0.5) is 17.6 Å². The SMILES string of the molecule is CC.CC.CC(C)NSc1cc(C(=O)O)c(F)cc1F.CCC(CC)NSc1cc(C(=O)O)c(F)cc1F.NSc1cc(C(=O)O)ccc1Br. The van der Waals surface area contributed by atoms with Crippen LogP contribution in [0.5, 0.6) is 0 Å². The molecule has 0 aliphatic rings. The third-order valence-corrected chi connectivity index (χ3v) is 9.19. The molecular weight excluding hydrogens is 786 g/mol. The molecule has 3 aromatic carbocycles. The first-order valence-electron chi connectivity index (χ1n) is 15.2. The van der Waals surface area contributed by atoms with Crippen LogP contribution in [0.25, 0.3) is 0 Å². The van der Waals surface area contributed by atoms with E-state index in [1.54, 1.807) is 6.07 Å². The third-order valence-electron chi connectivity index (χ3n) is 5.53. The number of carbonyl (C=O) groups is 3. The lowest BCUT2D eigenvalue weighted by molar-refractivity contribution is 0.0680. The molecule has 0 atom stereocenters. The highest BCUT2D eigenvalue weighted by molar-refractivity contribution is 9.10. The molecule has 0 heterocycles. The van der Waals surface area contributed by atoms with Crippen LogP contribution in [0.3, 0.4) is 0 Å². The van der Waals surface area contributed by atoms with E-state index in [-0.39, 0.29) is 27.4 Å². The molecule has 0 aliphatic heterocycles. The molecule has 3 aromatic rings. The average molecular weight is 831 g/mol. The van der Waals surface area contributed by atoms with Gasteiger partial charge in [0.25, 0.3) is 0 Å². The Labute approximate surface area is 312 Å². The van der Waals surface area contributed by atoms with Crippen molar-refractivity contribution in [3.05, 3.63) is 86.9 Å². The van der Waals surface area contributed by atoms with Gasteiger partial charge in [0.05, 0.1) is 26.5 Å². The lowest BCUT2D eigenvalue weighted by Gasteiger charge is -2.14. The van der Waals surface area contributed by atoms with Crippen molar-refractivity contribution in [1.29, 1.82) is 0 Å². The molecule has 0 aliphatic carbocycles. The maximum Gasteiger partial charge on any atom is 0.338 e. The highest BCUT2D eigenvalue weighted by atomic mass is 79.9. The van der Waals surface area contributed by atoms with Crippen molar-refractivity contribution >= 4 is 69.7 Å². The second-order valence-electron chi connectivity index (χ2n) is 9.31. The Kier molecular flexibility index (Phi) is 26.6. The number of hydrogen-bond donors (Lipinski definition) is 6. The lowest BCUT2D eigenvalue weighted by atomic mass is 10.2. The van der Waals surface area contributed by atoms with Crippen LogP contribution in [0.2, 0.25) is 0 Å². The summed E-state index contributed by atoms with van der Waals surface area (Å²) in [6, 6.07) is 8.17. The second-order valence-corrected chi connectivity index (χ2v) is 12.6. The number of halogens is 5. The highest BCUT2D eigenvalue weighted by Gasteiger charge is 2.17. The molecule has 0 fully saturated rings. The molecule has 0 bridgehead atoms. The van der Waals surface area contributed by atoms with E-state index in [2.05, 4.69) is 25.4 Å². The third kappa shape index (κ3) is 17.9. The van der Waals surface area contributed by atoms with E-state index < -0.39 is 52.3 Å². The highest BCUT2D eigenvalue weighted by Crippen LogP contribution is 2.26. The zero-order valence-electron chi connectivity index (χ0n) is 28.9. The normalized spacial score (nSPS) is 10.0. The summed E-state index contributed by atoms with van der Waals surface area (Å²) in [4.78, 5) is 32.8. The smallest absolute Gasteiger partial charge is 0.338 e. The van der Waals surface area contributed by atoms with Gasteiger partial charge in [0, 0.05) is 33.6 Å². The van der Waals surface area contributed by atoms with Crippen LogP contribution in [-0.2, 0) is 0 Å². The molecule has 0 saturated carbocycles. The van der Waals surface area contributed by atoms with Gasteiger partial charge in [-0.25, -0.2) is 31.9 Å². The van der Waals surface area contributed by atoms with Crippen LogP contribution in [0, 0.1) is 23.3 Å². The fourth-order valence-electron chi connectivity index (χ4n) is 3.05. The summed E-state index contributed by atoms with van der Waals surface area (Å²) in [6.45, 7) is 15.7. The molecule has 3 rings (SSSR count). The van der Waals surface area contributed by atoms with Gasteiger partial charge in [0.15, 0.2) is 0 Å². The minimum atomic E-state index is -1.41. The Bertz CT molecular complexity index is 1520. The molecule has 0 unspecified atom stereocenters. The summed E-state index contributed by atoms with van der Waals surface area (Å²) >= 11 is 6.19. The maximum absolute atomic E-state index is 13.5. The van der Waals surface area contributed by atoms with E-state index >= 15 is 0 Å². The maximum atomic E-state index is 13.5. The number of aromatic carboxylic acids is 3. The van der Waals surface area contributed by atoms with Crippen LogP contribution in [-0.4, -0.2) is 45.3 Å². The van der Waals surface area contributed by atoms with Gasteiger partial charge in [0.2, 0.25) is 0 Å². The van der Waals surface area contributed by atoms with E-state index in [9.17, 15) is 31.9 Å². The van der Waals surface area contributed by atoms with Gasteiger partial charge < -0.3 is 15.3 Å². The van der Waals surface area contributed by atoms with Crippen molar-refractivity contribution in [3.8, 4) is 0 Å². The van der Waals surface area contributed by atoms with E-state index in [1.807, 2.05) is 55.4 Å². The van der Waals surface area contributed by atoms with Gasteiger partial charge in [-0.2, -0.15) is 0 Å².